The minimum absolute atomic E-state index is 0.0360. The van der Waals surface area contributed by atoms with Crippen molar-refractivity contribution in [2.45, 2.75) is 11.3 Å². The molecule has 2 rings (SSSR count). The lowest BCUT2D eigenvalue weighted by Crippen LogP contribution is -2.37. The van der Waals surface area contributed by atoms with Gasteiger partial charge in [0.2, 0.25) is 10.0 Å². The number of nitrogens with two attached hydrogens (primary N) is 2. The molecule has 1 aliphatic rings. The van der Waals surface area contributed by atoms with Crippen LogP contribution < -0.4 is 16.2 Å². The molecule has 0 radical (unpaired) electrons. The molecule has 7 nitrogen and oxygen atoms in total. The van der Waals surface area contributed by atoms with Crippen LogP contribution >= 0.6 is 0 Å². The Morgan fingerprint density at radius 3 is 2.67 bits per heavy atom. The van der Waals surface area contributed by atoms with E-state index in [1.54, 1.807) is 12.1 Å². The number of hydrogen-bond acceptors (Lipinski definition) is 6. The maximum absolute atomic E-state index is 11.5. The number of anilines is 2. The topological polar surface area (TPSA) is 111 Å². The van der Waals surface area contributed by atoms with Gasteiger partial charge in [0.1, 0.15) is 4.90 Å². The monoisotopic (exact) mass is 314 g/mol. The fourth-order valence-electron chi connectivity index (χ4n) is 2.27. The van der Waals surface area contributed by atoms with Crippen molar-refractivity contribution in [1.82, 2.24) is 4.90 Å². The lowest BCUT2D eigenvalue weighted by Gasteiger charge is -2.26. The molecule has 1 aliphatic heterocycles. The summed E-state index contributed by atoms with van der Waals surface area (Å²) in [4.78, 5) is 2.36. The van der Waals surface area contributed by atoms with Gasteiger partial charge in [-0.3, -0.25) is 4.90 Å². The molecule has 0 saturated carbocycles. The van der Waals surface area contributed by atoms with Crippen molar-refractivity contribution in [3.05, 3.63) is 18.2 Å². The maximum atomic E-state index is 11.5. The predicted molar refractivity (Wildman–Crippen MR) is 82.6 cm³/mol. The standard InChI is InChI=1S/C13H22N4O3S/c14-11-2-3-12(13(10-11)21(15,18)19)16-4-1-5-17-6-8-20-9-7-17/h2-3,10,16H,1,4-9,14H2,(H2,15,18,19). The molecule has 1 aromatic rings. The van der Waals surface area contributed by atoms with Crippen LogP contribution in [0, 0.1) is 0 Å². The number of nitrogen functional groups attached to an aromatic ring is 1. The van der Waals surface area contributed by atoms with E-state index in [-0.39, 0.29) is 4.90 Å². The van der Waals surface area contributed by atoms with E-state index >= 15 is 0 Å². The summed E-state index contributed by atoms with van der Waals surface area (Å²) in [5.41, 5.74) is 6.48. The van der Waals surface area contributed by atoms with Crippen LogP contribution in [0.25, 0.3) is 0 Å². The first-order valence-electron chi connectivity index (χ1n) is 6.93. The molecule has 0 amide bonds. The zero-order valence-electron chi connectivity index (χ0n) is 11.9. The molecule has 1 fully saturated rings. The van der Waals surface area contributed by atoms with Gasteiger partial charge in [-0.1, -0.05) is 0 Å². The van der Waals surface area contributed by atoms with E-state index in [0.717, 1.165) is 39.3 Å². The molecule has 118 valence electrons. The summed E-state index contributed by atoms with van der Waals surface area (Å²) in [6.07, 6.45) is 0.911. The Labute approximate surface area is 125 Å². The quantitative estimate of drug-likeness (QED) is 0.505. The normalized spacial score (nSPS) is 16.8. The Morgan fingerprint density at radius 2 is 2.00 bits per heavy atom. The fraction of sp³-hybridized carbons (Fsp3) is 0.538. The number of hydrogen-bond donors (Lipinski definition) is 3. The highest BCUT2D eigenvalue weighted by molar-refractivity contribution is 7.89. The van der Waals surface area contributed by atoms with Crippen LogP contribution in [-0.2, 0) is 14.8 Å². The Balaban J connectivity index is 1.88. The van der Waals surface area contributed by atoms with Gasteiger partial charge in [0.25, 0.3) is 0 Å². The van der Waals surface area contributed by atoms with Crippen LogP contribution in [0.2, 0.25) is 0 Å². The first-order chi connectivity index (χ1) is 9.97. The zero-order valence-corrected chi connectivity index (χ0v) is 12.7. The SMILES string of the molecule is Nc1ccc(NCCCN2CCOCC2)c(S(N)(=O)=O)c1. The summed E-state index contributed by atoms with van der Waals surface area (Å²) >= 11 is 0. The number of rotatable bonds is 6. The molecule has 1 aromatic carbocycles. The van der Waals surface area contributed by atoms with Gasteiger partial charge < -0.3 is 15.8 Å². The maximum Gasteiger partial charge on any atom is 0.240 e. The van der Waals surface area contributed by atoms with Gasteiger partial charge in [0, 0.05) is 25.3 Å². The average Bonchev–Trinajstić information content (AvgIpc) is 2.45. The first-order valence-corrected chi connectivity index (χ1v) is 8.48. The van der Waals surface area contributed by atoms with Crippen molar-refractivity contribution >= 4 is 21.4 Å². The lowest BCUT2D eigenvalue weighted by atomic mass is 10.2. The summed E-state index contributed by atoms with van der Waals surface area (Å²) in [6, 6.07) is 4.67. The van der Waals surface area contributed by atoms with Crippen LogP contribution in [0.3, 0.4) is 0 Å². The second-order valence-electron chi connectivity index (χ2n) is 5.03. The summed E-state index contributed by atoms with van der Waals surface area (Å²) in [7, 11) is -3.78. The van der Waals surface area contributed by atoms with E-state index < -0.39 is 10.0 Å². The van der Waals surface area contributed by atoms with Crippen molar-refractivity contribution < 1.29 is 13.2 Å². The van der Waals surface area contributed by atoms with Gasteiger partial charge in [-0.25, -0.2) is 13.6 Å². The second-order valence-corrected chi connectivity index (χ2v) is 6.56. The first kappa shape index (κ1) is 16.0. The van der Waals surface area contributed by atoms with E-state index in [0.29, 0.717) is 17.9 Å². The summed E-state index contributed by atoms with van der Waals surface area (Å²) in [6.45, 7) is 5.08. The van der Waals surface area contributed by atoms with E-state index in [1.807, 2.05) is 0 Å². The minimum atomic E-state index is -3.78. The van der Waals surface area contributed by atoms with Crippen LogP contribution in [0.4, 0.5) is 11.4 Å². The lowest BCUT2D eigenvalue weighted by molar-refractivity contribution is 0.0378. The van der Waals surface area contributed by atoms with Crippen molar-refractivity contribution in [2.75, 3.05) is 50.4 Å². The number of nitrogens with zero attached hydrogens (tertiary/aromatic N) is 1. The molecule has 5 N–H and O–H groups in total. The average molecular weight is 314 g/mol. The van der Waals surface area contributed by atoms with E-state index in [9.17, 15) is 8.42 Å². The Morgan fingerprint density at radius 1 is 1.29 bits per heavy atom. The van der Waals surface area contributed by atoms with Crippen LogP contribution in [-0.4, -0.2) is 52.7 Å². The number of nitrogens with one attached hydrogen (secondary N) is 1. The highest BCUT2D eigenvalue weighted by Gasteiger charge is 2.14. The molecule has 0 aliphatic carbocycles. The Bertz CT molecular complexity index is 571. The molecule has 1 saturated heterocycles. The van der Waals surface area contributed by atoms with Crippen LogP contribution in [0.5, 0.6) is 0 Å². The van der Waals surface area contributed by atoms with Gasteiger partial charge in [0.05, 0.1) is 18.9 Å². The van der Waals surface area contributed by atoms with Crippen molar-refractivity contribution in [3.63, 3.8) is 0 Å². The number of sulfonamides is 1. The van der Waals surface area contributed by atoms with Gasteiger partial charge in [-0.15, -0.1) is 0 Å². The minimum Gasteiger partial charge on any atom is -0.399 e. The zero-order chi connectivity index (χ0) is 15.3. The second kappa shape index (κ2) is 7.08. The Kier molecular flexibility index (Phi) is 5.40. The molecule has 0 bridgehead atoms. The highest BCUT2D eigenvalue weighted by atomic mass is 32.2. The molecule has 21 heavy (non-hydrogen) atoms. The number of ether oxygens (including phenoxy) is 1. The molecule has 1 heterocycles. The molecule has 0 atom stereocenters. The van der Waals surface area contributed by atoms with E-state index in [2.05, 4.69) is 10.2 Å². The smallest absolute Gasteiger partial charge is 0.240 e. The van der Waals surface area contributed by atoms with E-state index in [1.165, 1.54) is 6.07 Å². The van der Waals surface area contributed by atoms with Crippen LogP contribution in [0.1, 0.15) is 6.42 Å². The predicted octanol–water partition coefficient (Wildman–Crippen LogP) is 0.0504. The van der Waals surface area contributed by atoms with Crippen molar-refractivity contribution in [1.29, 1.82) is 0 Å². The fourth-order valence-corrected chi connectivity index (χ4v) is 3.02. The summed E-state index contributed by atoms with van der Waals surface area (Å²) < 4.78 is 28.4. The van der Waals surface area contributed by atoms with Gasteiger partial charge >= 0.3 is 0 Å². The molecule has 8 heteroatoms. The third-order valence-corrected chi connectivity index (χ3v) is 4.33. The largest absolute Gasteiger partial charge is 0.399 e. The third-order valence-electron chi connectivity index (χ3n) is 3.38. The van der Waals surface area contributed by atoms with Crippen LogP contribution in [0.15, 0.2) is 23.1 Å². The van der Waals surface area contributed by atoms with Crippen molar-refractivity contribution in [3.8, 4) is 0 Å². The molecular formula is C13H22N4O3S. The third kappa shape index (κ3) is 4.85. The van der Waals surface area contributed by atoms with E-state index in [4.69, 9.17) is 15.6 Å². The van der Waals surface area contributed by atoms with Gasteiger partial charge in [0.15, 0.2) is 0 Å². The molecule has 0 spiro atoms. The summed E-state index contributed by atoms with van der Waals surface area (Å²) in [5, 5.41) is 8.32. The van der Waals surface area contributed by atoms with Crippen molar-refractivity contribution in [2.24, 2.45) is 5.14 Å². The number of morpholine rings is 1. The van der Waals surface area contributed by atoms with Gasteiger partial charge in [-0.2, -0.15) is 0 Å². The Hall–Kier alpha value is -1.35. The van der Waals surface area contributed by atoms with Gasteiger partial charge in [-0.05, 0) is 31.2 Å². The molecule has 0 aromatic heterocycles. The highest BCUT2D eigenvalue weighted by Crippen LogP contribution is 2.22. The number of benzene rings is 1. The summed E-state index contributed by atoms with van der Waals surface area (Å²) in [5.74, 6) is 0. The number of primary sulfonamides is 1. The molecule has 0 unspecified atom stereocenters. The molecular weight excluding hydrogens is 292 g/mol.